The third-order valence-corrected chi connectivity index (χ3v) is 6.48. The van der Waals surface area contributed by atoms with Gasteiger partial charge in [0.1, 0.15) is 11.6 Å². The number of amides is 1. The number of nitrogens with zero attached hydrogens (tertiary/aromatic N) is 6. The maximum absolute atomic E-state index is 15.1. The van der Waals surface area contributed by atoms with E-state index in [-0.39, 0.29) is 40.4 Å². The fraction of sp³-hybridized carbons (Fsp3) is 0.227. The lowest BCUT2D eigenvalue weighted by molar-refractivity contribution is 0.0987. The Bertz CT molecular complexity index is 1470. The standard InChI is InChI=1S/C22H14F3N7O2/c23-11-2-1-3-12(24)15(11)14-6-10-9-4-5-22(7-9,16(10)31-30-14)17-13(25)8-27-20(28-17)21-29-19(18(26)33)32-34-21/h1-3,6,8-9H,4-5,7H2,(H2,26,33)/t9-,22-/m1/s1. The van der Waals surface area contributed by atoms with Crippen molar-refractivity contribution < 1.29 is 22.5 Å². The third-order valence-electron chi connectivity index (χ3n) is 6.48. The number of benzene rings is 1. The zero-order valence-electron chi connectivity index (χ0n) is 17.3. The molecule has 6 rings (SSSR count). The molecule has 4 aromatic rings. The minimum atomic E-state index is -0.895. The van der Waals surface area contributed by atoms with Crippen LogP contribution in [0.1, 0.15) is 52.8 Å². The van der Waals surface area contributed by atoms with E-state index in [4.69, 9.17) is 10.3 Å². The van der Waals surface area contributed by atoms with Crippen molar-refractivity contribution in [2.24, 2.45) is 5.73 Å². The Balaban J connectivity index is 1.46. The van der Waals surface area contributed by atoms with Gasteiger partial charge >= 0.3 is 0 Å². The Labute approximate surface area is 189 Å². The minimum Gasteiger partial charge on any atom is -0.363 e. The Hall–Kier alpha value is -4.22. The largest absolute Gasteiger partial charge is 0.363 e. The van der Waals surface area contributed by atoms with Gasteiger partial charge in [-0.05, 0) is 48.9 Å². The molecule has 1 fully saturated rings. The van der Waals surface area contributed by atoms with Crippen molar-refractivity contribution in [1.82, 2.24) is 30.3 Å². The second-order valence-electron chi connectivity index (χ2n) is 8.33. The molecule has 0 aliphatic heterocycles. The maximum atomic E-state index is 15.1. The molecular formula is C22H14F3N7O2. The van der Waals surface area contributed by atoms with Crippen molar-refractivity contribution in [3.8, 4) is 23.0 Å². The second kappa shape index (κ2) is 7.14. The first-order chi connectivity index (χ1) is 16.4. The number of halogens is 3. The van der Waals surface area contributed by atoms with Crippen LogP contribution in [-0.4, -0.2) is 36.2 Å². The van der Waals surface area contributed by atoms with Gasteiger partial charge in [-0.1, -0.05) is 11.2 Å². The Morgan fingerprint density at radius 1 is 1.09 bits per heavy atom. The maximum Gasteiger partial charge on any atom is 0.296 e. The summed E-state index contributed by atoms with van der Waals surface area (Å²) in [5, 5.41) is 11.8. The van der Waals surface area contributed by atoms with E-state index in [0.717, 1.165) is 23.9 Å². The molecule has 34 heavy (non-hydrogen) atoms. The van der Waals surface area contributed by atoms with E-state index in [2.05, 4.69) is 30.3 Å². The summed E-state index contributed by atoms with van der Waals surface area (Å²) in [7, 11) is 0. The van der Waals surface area contributed by atoms with Crippen LogP contribution in [-0.2, 0) is 5.41 Å². The number of fused-ring (bicyclic) bond motifs is 5. The molecule has 12 heteroatoms. The topological polar surface area (TPSA) is 134 Å². The third kappa shape index (κ3) is 2.84. The van der Waals surface area contributed by atoms with Gasteiger partial charge in [-0.25, -0.2) is 23.1 Å². The molecule has 2 bridgehead atoms. The molecule has 0 spiro atoms. The fourth-order valence-corrected chi connectivity index (χ4v) is 5.03. The molecule has 1 aromatic carbocycles. The molecule has 2 N–H and O–H groups in total. The number of hydrogen-bond donors (Lipinski definition) is 1. The summed E-state index contributed by atoms with van der Waals surface area (Å²) in [4.78, 5) is 23.4. The number of hydrogen-bond acceptors (Lipinski definition) is 8. The van der Waals surface area contributed by atoms with E-state index >= 15 is 4.39 Å². The highest BCUT2D eigenvalue weighted by atomic mass is 19.1. The summed E-state index contributed by atoms with van der Waals surface area (Å²) < 4.78 is 48.7. The van der Waals surface area contributed by atoms with E-state index in [1.807, 2.05) is 0 Å². The van der Waals surface area contributed by atoms with E-state index in [1.54, 1.807) is 6.07 Å². The zero-order chi connectivity index (χ0) is 23.6. The fourth-order valence-electron chi connectivity index (χ4n) is 5.03. The lowest BCUT2D eigenvalue weighted by Crippen LogP contribution is -2.28. The van der Waals surface area contributed by atoms with Crippen LogP contribution in [0.3, 0.4) is 0 Å². The molecule has 0 saturated heterocycles. The van der Waals surface area contributed by atoms with Crippen molar-refractivity contribution in [3.63, 3.8) is 0 Å². The predicted octanol–water partition coefficient (Wildman–Crippen LogP) is 3.07. The smallest absolute Gasteiger partial charge is 0.296 e. The predicted molar refractivity (Wildman–Crippen MR) is 109 cm³/mol. The molecule has 9 nitrogen and oxygen atoms in total. The van der Waals surface area contributed by atoms with Gasteiger partial charge in [0, 0.05) is 0 Å². The average Bonchev–Trinajstić information content (AvgIpc) is 3.54. The highest BCUT2D eigenvalue weighted by Gasteiger charge is 2.54. The van der Waals surface area contributed by atoms with Gasteiger partial charge in [0.2, 0.25) is 5.82 Å². The molecule has 0 unspecified atom stereocenters. The average molecular weight is 465 g/mol. The van der Waals surface area contributed by atoms with E-state index in [9.17, 15) is 13.6 Å². The van der Waals surface area contributed by atoms with Crippen molar-refractivity contribution in [2.45, 2.75) is 30.6 Å². The van der Waals surface area contributed by atoms with Crippen molar-refractivity contribution >= 4 is 5.91 Å². The van der Waals surface area contributed by atoms with Gasteiger partial charge in [-0.2, -0.15) is 10.1 Å². The zero-order valence-corrected chi connectivity index (χ0v) is 17.3. The van der Waals surface area contributed by atoms with Crippen LogP contribution < -0.4 is 5.73 Å². The van der Waals surface area contributed by atoms with Crippen molar-refractivity contribution in [3.05, 3.63) is 70.7 Å². The van der Waals surface area contributed by atoms with Gasteiger partial charge in [-0.3, -0.25) is 4.79 Å². The van der Waals surface area contributed by atoms with Crippen LogP contribution in [0.4, 0.5) is 13.2 Å². The summed E-state index contributed by atoms with van der Waals surface area (Å²) in [5.74, 6) is -3.64. The Morgan fingerprint density at radius 2 is 1.88 bits per heavy atom. The van der Waals surface area contributed by atoms with Crippen LogP contribution >= 0.6 is 0 Å². The number of carbonyl (C=O) groups is 1. The highest BCUT2D eigenvalue weighted by molar-refractivity contribution is 5.88. The van der Waals surface area contributed by atoms with Crippen molar-refractivity contribution in [2.75, 3.05) is 0 Å². The molecule has 1 amide bonds. The molecule has 2 atom stereocenters. The number of rotatable bonds is 4. The second-order valence-corrected chi connectivity index (χ2v) is 8.33. The quantitative estimate of drug-likeness (QED) is 0.486. The Kier molecular flexibility index (Phi) is 4.28. The first kappa shape index (κ1) is 20.4. The molecule has 3 aromatic heterocycles. The van der Waals surface area contributed by atoms with Gasteiger partial charge in [-0.15, -0.1) is 5.10 Å². The minimum absolute atomic E-state index is 0.00164. The van der Waals surface area contributed by atoms with Gasteiger partial charge < -0.3 is 10.3 Å². The number of primary amides is 1. The lowest BCUT2D eigenvalue weighted by Gasteiger charge is -2.27. The van der Waals surface area contributed by atoms with E-state index in [0.29, 0.717) is 25.0 Å². The van der Waals surface area contributed by atoms with Crippen LogP contribution in [0, 0.1) is 17.5 Å². The molecule has 1 saturated carbocycles. The van der Waals surface area contributed by atoms with Crippen LogP contribution in [0.15, 0.2) is 35.0 Å². The molecule has 3 heterocycles. The normalized spacial score (nSPS) is 20.5. The van der Waals surface area contributed by atoms with E-state index < -0.39 is 28.8 Å². The van der Waals surface area contributed by atoms with E-state index in [1.165, 1.54) is 6.07 Å². The first-order valence-electron chi connectivity index (χ1n) is 10.4. The monoisotopic (exact) mass is 465 g/mol. The molecule has 2 aliphatic rings. The van der Waals surface area contributed by atoms with Gasteiger partial charge in [0.05, 0.1) is 34.3 Å². The molecule has 170 valence electrons. The van der Waals surface area contributed by atoms with Gasteiger partial charge in [0.25, 0.3) is 17.6 Å². The molecule has 0 radical (unpaired) electrons. The van der Waals surface area contributed by atoms with Crippen molar-refractivity contribution in [1.29, 1.82) is 0 Å². The van der Waals surface area contributed by atoms with Crippen LogP contribution in [0.5, 0.6) is 0 Å². The summed E-state index contributed by atoms with van der Waals surface area (Å²) >= 11 is 0. The number of nitrogens with two attached hydrogens (primary N) is 1. The number of carbonyl (C=O) groups excluding carboxylic acids is 1. The van der Waals surface area contributed by atoms with Crippen LogP contribution in [0.2, 0.25) is 0 Å². The number of aromatic nitrogens is 6. The summed E-state index contributed by atoms with van der Waals surface area (Å²) in [6, 6.07) is 5.20. The summed E-state index contributed by atoms with van der Waals surface area (Å²) in [6.07, 6.45) is 2.76. The SMILES string of the molecule is NC(=O)c1noc(-c2ncc(F)c([C@]34CC[C@H](C3)c3cc(-c5c(F)cccc5F)nnc34)n2)n1. The highest BCUT2D eigenvalue weighted by Crippen LogP contribution is 2.59. The summed E-state index contributed by atoms with van der Waals surface area (Å²) in [5.41, 5.74) is 5.42. The van der Waals surface area contributed by atoms with Crippen LogP contribution in [0.25, 0.3) is 23.0 Å². The summed E-state index contributed by atoms with van der Waals surface area (Å²) in [6.45, 7) is 0. The Morgan fingerprint density at radius 3 is 2.62 bits per heavy atom. The lowest BCUT2D eigenvalue weighted by atomic mass is 9.79. The first-order valence-corrected chi connectivity index (χ1v) is 10.4. The van der Waals surface area contributed by atoms with Gasteiger partial charge in [0.15, 0.2) is 5.82 Å². The molecule has 2 aliphatic carbocycles. The molecular weight excluding hydrogens is 451 g/mol.